The van der Waals surface area contributed by atoms with Crippen LogP contribution in [0.15, 0.2) is 22.8 Å². The van der Waals surface area contributed by atoms with E-state index in [1.54, 1.807) is 0 Å². The van der Waals surface area contributed by atoms with E-state index < -0.39 is 0 Å². The molecule has 4 heteroatoms. The van der Waals surface area contributed by atoms with Gasteiger partial charge in [-0.3, -0.25) is 0 Å². The van der Waals surface area contributed by atoms with Crippen LogP contribution in [-0.2, 0) is 23.1 Å². The topological polar surface area (TPSA) is 40.2 Å². The standard InChI is InChI=1S/C15H17BrN2O/c16-11-4-10-2-1-3-18-6-13(12(5-11)14(10)18)15(7-17)8-19-9-15/h4-6H,1-3,7-9,17H2. The van der Waals surface area contributed by atoms with Crippen LogP contribution in [0.2, 0.25) is 0 Å². The van der Waals surface area contributed by atoms with Crippen LogP contribution in [-0.4, -0.2) is 24.3 Å². The average molecular weight is 321 g/mol. The van der Waals surface area contributed by atoms with E-state index in [0.717, 1.165) is 19.8 Å². The van der Waals surface area contributed by atoms with Crippen LogP contribution in [0.4, 0.5) is 0 Å². The third kappa shape index (κ3) is 1.57. The van der Waals surface area contributed by atoms with Gasteiger partial charge in [-0.15, -0.1) is 0 Å². The molecule has 1 saturated heterocycles. The van der Waals surface area contributed by atoms with E-state index in [2.05, 4.69) is 38.8 Å². The zero-order chi connectivity index (χ0) is 13.0. The van der Waals surface area contributed by atoms with E-state index in [1.165, 1.54) is 39.3 Å². The minimum Gasteiger partial charge on any atom is -0.379 e. The van der Waals surface area contributed by atoms with Crippen molar-refractivity contribution in [2.75, 3.05) is 19.8 Å². The molecule has 0 atom stereocenters. The summed E-state index contributed by atoms with van der Waals surface area (Å²) in [5.41, 5.74) is 10.3. The van der Waals surface area contributed by atoms with Crippen molar-refractivity contribution in [1.29, 1.82) is 0 Å². The Labute approximate surface area is 120 Å². The molecule has 2 N–H and O–H groups in total. The lowest BCUT2D eigenvalue weighted by Gasteiger charge is -2.40. The molecule has 2 aliphatic rings. The molecule has 0 unspecified atom stereocenters. The first-order valence-electron chi connectivity index (χ1n) is 6.83. The van der Waals surface area contributed by atoms with Gasteiger partial charge in [0.2, 0.25) is 0 Å². The highest BCUT2D eigenvalue weighted by molar-refractivity contribution is 9.10. The number of halogens is 1. The van der Waals surface area contributed by atoms with Crippen LogP contribution in [0.1, 0.15) is 17.5 Å². The summed E-state index contributed by atoms with van der Waals surface area (Å²) in [6.07, 6.45) is 4.71. The number of aromatic nitrogens is 1. The van der Waals surface area contributed by atoms with Gasteiger partial charge in [-0.1, -0.05) is 15.9 Å². The van der Waals surface area contributed by atoms with Gasteiger partial charge in [0.15, 0.2) is 0 Å². The Balaban J connectivity index is 2.03. The zero-order valence-electron chi connectivity index (χ0n) is 10.8. The maximum Gasteiger partial charge on any atom is 0.0598 e. The molecule has 0 aliphatic carbocycles. The maximum absolute atomic E-state index is 6.03. The van der Waals surface area contributed by atoms with Crippen LogP contribution < -0.4 is 5.73 Å². The van der Waals surface area contributed by atoms with Crippen molar-refractivity contribution in [2.45, 2.75) is 24.8 Å². The van der Waals surface area contributed by atoms with Gasteiger partial charge in [0, 0.05) is 29.1 Å². The second-order valence-corrected chi connectivity index (χ2v) is 6.69. The highest BCUT2D eigenvalue weighted by atomic mass is 79.9. The van der Waals surface area contributed by atoms with Crippen LogP contribution in [0, 0.1) is 0 Å². The summed E-state index contributed by atoms with van der Waals surface area (Å²) in [7, 11) is 0. The van der Waals surface area contributed by atoms with Crippen LogP contribution >= 0.6 is 15.9 Å². The van der Waals surface area contributed by atoms with E-state index in [1.807, 2.05) is 0 Å². The van der Waals surface area contributed by atoms with Crippen molar-refractivity contribution in [2.24, 2.45) is 5.73 Å². The fourth-order valence-corrected chi connectivity index (χ4v) is 3.96. The van der Waals surface area contributed by atoms with Crippen molar-refractivity contribution in [3.8, 4) is 0 Å². The van der Waals surface area contributed by atoms with Crippen LogP contribution in [0.5, 0.6) is 0 Å². The largest absolute Gasteiger partial charge is 0.379 e. The Hall–Kier alpha value is -0.840. The van der Waals surface area contributed by atoms with Gasteiger partial charge in [-0.25, -0.2) is 0 Å². The second-order valence-electron chi connectivity index (χ2n) is 5.78. The lowest BCUT2D eigenvalue weighted by Crippen LogP contribution is -2.52. The molecular weight excluding hydrogens is 304 g/mol. The molecule has 0 amide bonds. The molecule has 0 saturated carbocycles. The Morgan fingerprint density at radius 1 is 1.37 bits per heavy atom. The number of ether oxygens (including phenoxy) is 1. The first kappa shape index (κ1) is 11.9. The van der Waals surface area contributed by atoms with Gasteiger partial charge in [-0.05, 0) is 36.1 Å². The Morgan fingerprint density at radius 2 is 2.21 bits per heavy atom. The van der Waals surface area contributed by atoms with Crippen molar-refractivity contribution >= 4 is 26.8 Å². The summed E-state index contributed by atoms with van der Waals surface area (Å²) in [6.45, 7) is 3.29. The molecule has 0 radical (unpaired) electrons. The van der Waals surface area contributed by atoms with Crippen molar-refractivity contribution in [1.82, 2.24) is 4.57 Å². The minimum atomic E-state index is 0.0336. The fraction of sp³-hybridized carbons (Fsp3) is 0.467. The molecule has 0 bridgehead atoms. The molecule has 3 heterocycles. The molecule has 1 fully saturated rings. The molecule has 100 valence electrons. The average Bonchev–Trinajstić information content (AvgIpc) is 2.70. The third-order valence-electron chi connectivity index (χ3n) is 4.58. The van der Waals surface area contributed by atoms with Gasteiger partial charge in [0.05, 0.1) is 24.1 Å². The van der Waals surface area contributed by atoms with Crippen LogP contribution in [0.25, 0.3) is 10.9 Å². The quantitative estimate of drug-likeness (QED) is 0.923. The summed E-state index contributed by atoms with van der Waals surface area (Å²) in [6, 6.07) is 4.50. The smallest absolute Gasteiger partial charge is 0.0598 e. The van der Waals surface area contributed by atoms with Crippen molar-refractivity contribution in [3.63, 3.8) is 0 Å². The number of hydrogen-bond donors (Lipinski definition) is 1. The van der Waals surface area contributed by atoms with E-state index in [9.17, 15) is 0 Å². The lowest BCUT2D eigenvalue weighted by molar-refractivity contribution is -0.0543. The van der Waals surface area contributed by atoms with Gasteiger partial charge in [0.25, 0.3) is 0 Å². The van der Waals surface area contributed by atoms with Gasteiger partial charge < -0.3 is 15.0 Å². The number of aryl methyl sites for hydroxylation is 2. The Kier molecular flexibility index (Phi) is 2.56. The number of rotatable bonds is 2. The zero-order valence-corrected chi connectivity index (χ0v) is 12.4. The van der Waals surface area contributed by atoms with Crippen molar-refractivity contribution in [3.05, 3.63) is 33.9 Å². The highest BCUT2D eigenvalue weighted by Gasteiger charge is 2.41. The van der Waals surface area contributed by atoms with E-state index in [4.69, 9.17) is 10.5 Å². The predicted octanol–water partition coefficient (Wildman–Crippen LogP) is 2.58. The summed E-state index contributed by atoms with van der Waals surface area (Å²) in [5.74, 6) is 0. The second kappa shape index (κ2) is 4.08. The monoisotopic (exact) mass is 320 g/mol. The highest BCUT2D eigenvalue weighted by Crippen LogP contribution is 2.40. The molecule has 1 aromatic heterocycles. The van der Waals surface area contributed by atoms with E-state index >= 15 is 0 Å². The fourth-order valence-electron chi connectivity index (χ4n) is 3.45. The maximum atomic E-state index is 6.03. The first-order chi connectivity index (χ1) is 9.23. The molecule has 2 aliphatic heterocycles. The van der Waals surface area contributed by atoms with Gasteiger partial charge in [-0.2, -0.15) is 0 Å². The molecule has 19 heavy (non-hydrogen) atoms. The van der Waals surface area contributed by atoms with E-state index in [0.29, 0.717) is 6.54 Å². The summed E-state index contributed by atoms with van der Waals surface area (Å²) < 4.78 is 9.03. The SMILES string of the molecule is NCC1(c2cn3c4c(cc(Br)cc24)CCC3)COC1. The van der Waals surface area contributed by atoms with E-state index in [-0.39, 0.29) is 5.41 Å². The Morgan fingerprint density at radius 3 is 2.89 bits per heavy atom. The number of nitrogens with two attached hydrogens (primary N) is 1. The lowest BCUT2D eigenvalue weighted by atomic mass is 9.78. The summed E-state index contributed by atoms with van der Waals surface area (Å²) >= 11 is 3.65. The first-order valence-corrected chi connectivity index (χ1v) is 7.62. The number of nitrogens with zero attached hydrogens (tertiary/aromatic N) is 1. The molecule has 4 rings (SSSR count). The number of benzene rings is 1. The molecule has 0 spiro atoms. The minimum absolute atomic E-state index is 0.0336. The van der Waals surface area contributed by atoms with Crippen molar-refractivity contribution < 1.29 is 4.74 Å². The predicted molar refractivity (Wildman–Crippen MR) is 79.5 cm³/mol. The molecular formula is C15H17BrN2O. The normalized spacial score (nSPS) is 20.5. The van der Waals surface area contributed by atoms with Gasteiger partial charge in [0.1, 0.15) is 0 Å². The molecule has 1 aromatic carbocycles. The van der Waals surface area contributed by atoms with Crippen LogP contribution in [0.3, 0.4) is 0 Å². The summed E-state index contributed by atoms with van der Waals surface area (Å²) in [5, 5.41) is 1.36. The third-order valence-corrected chi connectivity index (χ3v) is 5.04. The van der Waals surface area contributed by atoms with Gasteiger partial charge >= 0.3 is 0 Å². The number of hydrogen-bond acceptors (Lipinski definition) is 2. The summed E-state index contributed by atoms with van der Waals surface area (Å²) in [4.78, 5) is 0. The Bertz CT molecular complexity index is 652. The molecule has 2 aromatic rings. The molecule has 3 nitrogen and oxygen atoms in total.